The van der Waals surface area contributed by atoms with Crippen LogP contribution in [0.3, 0.4) is 0 Å². The monoisotopic (exact) mass is 303 g/mol. The van der Waals surface area contributed by atoms with Gasteiger partial charge < -0.3 is 10.4 Å². The number of hydrogen-bond acceptors (Lipinski definition) is 2. The molecule has 0 aromatic heterocycles. The van der Waals surface area contributed by atoms with Crippen molar-refractivity contribution in [3.05, 3.63) is 34.9 Å². The number of benzene rings is 1. The van der Waals surface area contributed by atoms with Crippen LogP contribution in [0.4, 0.5) is 0 Å². The molecule has 22 heavy (non-hydrogen) atoms. The molecule has 0 aliphatic heterocycles. The molecule has 1 aliphatic rings. The van der Waals surface area contributed by atoms with Crippen LogP contribution in [-0.2, 0) is 9.59 Å². The fourth-order valence-electron chi connectivity index (χ4n) is 3.36. The van der Waals surface area contributed by atoms with Gasteiger partial charge in [0.05, 0.1) is 17.9 Å². The average Bonchev–Trinajstić information content (AvgIpc) is 2.49. The Morgan fingerprint density at radius 2 is 1.82 bits per heavy atom. The minimum absolute atomic E-state index is 0.108. The topological polar surface area (TPSA) is 66.4 Å². The normalized spacial score (nSPS) is 22.9. The molecule has 0 spiro atoms. The maximum atomic E-state index is 12.5. The highest BCUT2D eigenvalue weighted by molar-refractivity contribution is 5.85. The van der Waals surface area contributed by atoms with Crippen LogP contribution in [0.2, 0.25) is 0 Å². The number of aryl methyl sites for hydroxylation is 2. The molecule has 120 valence electrons. The maximum Gasteiger partial charge on any atom is 0.307 e. The first-order valence-corrected chi connectivity index (χ1v) is 8.00. The SMILES string of the molecule is Cc1ccc(C)c([C@H](C)NC(=O)[C@H]2CCCC[C@@H]2C(=O)O)c1. The van der Waals surface area contributed by atoms with Gasteiger partial charge in [-0.3, -0.25) is 9.59 Å². The Hall–Kier alpha value is -1.84. The summed E-state index contributed by atoms with van der Waals surface area (Å²) in [4.78, 5) is 23.9. The number of carboxylic acid groups (broad SMARTS) is 1. The zero-order valence-corrected chi connectivity index (χ0v) is 13.6. The van der Waals surface area contributed by atoms with E-state index < -0.39 is 17.8 Å². The third-order valence-electron chi connectivity index (χ3n) is 4.68. The third-order valence-corrected chi connectivity index (χ3v) is 4.68. The van der Waals surface area contributed by atoms with Gasteiger partial charge in [-0.1, -0.05) is 36.6 Å². The molecule has 0 saturated heterocycles. The lowest BCUT2D eigenvalue weighted by Gasteiger charge is -2.29. The Kier molecular flexibility index (Phi) is 5.22. The van der Waals surface area contributed by atoms with E-state index in [0.717, 1.165) is 29.5 Å². The first kappa shape index (κ1) is 16.5. The van der Waals surface area contributed by atoms with Crippen LogP contribution in [0.25, 0.3) is 0 Å². The maximum absolute atomic E-state index is 12.5. The number of carboxylic acids is 1. The molecule has 4 heteroatoms. The number of amides is 1. The first-order valence-electron chi connectivity index (χ1n) is 8.00. The highest BCUT2D eigenvalue weighted by atomic mass is 16.4. The van der Waals surface area contributed by atoms with Crippen molar-refractivity contribution in [3.8, 4) is 0 Å². The van der Waals surface area contributed by atoms with Crippen molar-refractivity contribution < 1.29 is 14.7 Å². The molecule has 0 heterocycles. The summed E-state index contributed by atoms with van der Waals surface area (Å²) in [5.41, 5.74) is 3.38. The highest BCUT2D eigenvalue weighted by Gasteiger charge is 2.36. The molecule has 1 amide bonds. The molecule has 4 nitrogen and oxygen atoms in total. The van der Waals surface area contributed by atoms with Gasteiger partial charge in [0, 0.05) is 0 Å². The van der Waals surface area contributed by atoms with Gasteiger partial charge in [-0.25, -0.2) is 0 Å². The van der Waals surface area contributed by atoms with Gasteiger partial charge in [0.15, 0.2) is 0 Å². The van der Waals surface area contributed by atoms with Gasteiger partial charge in [-0.2, -0.15) is 0 Å². The molecule has 1 aliphatic carbocycles. The minimum atomic E-state index is -0.848. The van der Waals surface area contributed by atoms with E-state index in [-0.39, 0.29) is 11.9 Å². The summed E-state index contributed by atoms with van der Waals surface area (Å²) in [7, 11) is 0. The Labute approximate surface area is 131 Å². The van der Waals surface area contributed by atoms with E-state index in [4.69, 9.17) is 0 Å². The van der Waals surface area contributed by atoms with Gasteiger partial charge in [0.2, 0.25) is 5.91 Å². The number of rotatable bonds is 4. The first-order chi connectivity index (χ1) is 10.4. The van der Waals surface area contributed by atoms with E-state index >= 15 is 0 Å². The van der Waals surface area contributed by atoms with Gasteiger partial charge in [0.1, 0.15) is 0 Å². The average molecular weight is 303 g/mol. The van der Waals surface area contributed by atoms with Crippen molar-refractivity contribution in [2.75, 3.05) is 0 Å². The van der Waals surface area contributed by atoms with Crippen LogP contribution in [0, 0.1) is 25.7 Å². The van der Waals surface area contributed by atoms with E-state index in [0.29, 0.717) is 12.8 Å². The molecule has 0 unspecified atom stereocenters. The molecule has 0 radical (unpaired) electrons. The summed E-state index contributed by atoms with van der Waals surface area (Å²) in [6.45, 7) is 6.01. The molecule has 1 fully saturated rings. The van der Waals surface area contributed by atoms with Crippen molar-refractivity contribution in [2.45, 2.75) is 52.5 Å². The van der Waals surface area contributed by atoms with Gasteiger partial charge in [0.25, 0.3) is 0 Å². The zero-order valence-electron chi connectivity index (χ0n) is 13.6. The van der Waals surface area contributed by atoms with Gasteiger partial charge >= 0.3 is 5.97 Å². The summed E-state index contributed by atoms with van der Waals surface area (Å²) in [6, 6.07) is 6.07. The lowest BCUT2D eigenvalue weighted by molar-refractivity contribution is -0.149. The van der Waals surface area contributed by atoms with Crippen LogP contribution in [-0.4, -0.2) is 17.0 Å². The Balaban J connectivity index is 2.10. The Bertz CT molecular complexity index is 567. The Morgan fingerprint density at radius 1 is 1.18 bits per heavy atom. The molecule has 0 bridgehead atoms. The standard InChI is InChI=1S/C18H25NO3/c1-11-8-9-12(2)16(10-11)13(3)19-17(20)14-6-4-5-7-15(14)18(21)22/h8-10,13-15H,4-7H2,1-3H3,(H,19,20)(H,21,22)/t13-,14-,15-/m0/s1. The number of nitrogens with one attached hydrogen (secondary N) is 1. The predicted octanol–water partition coefficient (Wildman–Crippen LogP) is 3.37. The summed E-state index contributed by atoms with van der Waals surface area (Å²) in [5.74, 6) is -1.92. The smallest absolute Gasteiger partial charge is 0.307 e. The summed E-state index contributed by atoms with van der Waals surface area (Å²) >= 11 is 0. The summed E-state index contributed by atoms with van der Waals surface area (Å²) in [6.07, 6.45) is 3.10. The van der Waals surface area contributed by atoms with Gasteiger partial charge in [-0.05, 0) is 44.7 Å². The van der Waals surface area contributed by atoms with Crippen molar-refractivity contribution in [3.63, 3.8) is 0 Å². The number of carbonyl (C=O) groups excluding carboxylic acids is 1. The lowest BCUT2D eigenvalue weighted by atomic mass is 9.78. The number of hydrogen-bond donors (Lipinski definition) is 2. The molecule has 1 aromatic carbocycles. The second-order valence-electron chi connectivity index (χ2n) is 6.43. The van der Waals surface area contributed by atoms with Crippen molar-refractivity contribution in [1.29, 1.82) is 0 Å². The molecule has 1 saturated carbocycles. The molecule has 3 atom stereocenters. The molecular formula is C18H25NO3. The van der Waals surface area contributed by atoms with Crippen LogP contribution < -0.4 is 5.32 Å². The van der Waals surface area contributed by atoms with Crippen molar-refractivity contribution in [2.24, 2.45) is 11.8 Å². The largest absolute Gasteiger partial charge is 0.481 e. The highest BCUT2D eigenvalue weighted by Crippen LogP contribution is 2.31. The van der Waals surface area contributed by atoms with Crippen LogP contribution in [0.1, 0.15) is 55.3 Å². The van der Waals surface area contributed by atoms with Crippen LogP contribution in [0.5, 0.6) is 0 Å². The molecule has 2 rings (SSSR count). The fraction of sp³-hybridized carbons (Fsp3) is 0.556. The second kappa shape index (κ2) is 6.95. The fourth-order valence-corrected chi connectivity index (χ4v) is 3.36. The van der Waals surface area contributed by atoms with E-state index in [2.05, 4.69) is 17.4 Å². The number of carbonyl (C=O) groups is 2. The third kappa shape index (κ3) is 3.67. The van der Waals surface area contributed by atoms with Crippen LogP contribution in [0.15, 0.2) is 18.2 Å². The van der Waals surface area contributed by atoms with Gasteiger partial charge in [-0.15, -0.1) is 0 Å². The summed E-state index contributed by atoms with van der Waals surface area (Å²) < 4.78 is 0. The van der Waals surface area contributed by atoms with Crippen molar-refractivity contribution in [1.82, 2.24) is 5.32 Å². The molecule has 1 aromatic rings. The van der Waals surface area contributed by atoms with Crippen molar-refractivity contribution >= 4 is 11.9 Å². The van der Waals surface area contributed by atoms with Crippen LogP contribution >= 0.6 is 0 Å². The molecule has 2 N–H and O–H groups in total. The lowest BCUT2D eigenvalue weighted by Crippen LogP contribution is -2.40. The summed E-state index contributed by atoms with van der Waals surface area (Å²) in [5, 5.41) is 12.3. The molecular weight excluding hydrogens is 278 g/mol. The minimum Gasteiger partial charge on any atom is -0.481 e. The zero-order chi connectivity index (χ0) is 16.3. The van der Waals surface area contributed by atoms with E-state index in [1.807, 2.05) is 26.8 Å². The quantitative estimate of drug-likeness (QED) is 0.896. The second-order valence-corrected chi connectivity index (χ2v) is 6.43. The Morgan fingerprint density at radius 3 is 2.45 bits per heavy atom. The van der Waals surface area contributed by atoms with E-state index in [1.54, 1.807) is 0 Å². The predicted molar refractivity (Wildman–Crippen MR) is 85.6 cm³/mol. The van der Waals surface area contributed by atoms with E-state index in [9.17, 15) is 14.7 Å². The number of aliphatic carboxylic acids is 1. The van der Waals surface area contributed by atoms with E-state index in [1.165, 1.54) is 0 Å².